The average molecular weight is 445 g/mol. The molecule has 0 saturated heterocycles. The topological polar surface area (TPSA) is 93.5 Å². The summed E-state index contributed by atoms with van der Waals surface area (Å²) in [5.41, 5.74) is 2.93. The minimum absolute atomic E-state index is 0.152. The van der Waals surface area contributed by atoms with Crippen molar-refractivity contribution in [2.24, 2.45) is 0 Å². The third-order valence-corrected chi connectivity index (χ3v) is 6.17. The third-order valence-electron chi connectivity index (χ3n) is 5.15. The van der Waals surface area contributed by atoms with E-state index in [9.17, 15) is 14.4 Å². The minimum Gasteiger partial charge on any atom is -0.465 e. The van der Waals surface area contributed by atoms with Gasteiger partial charge in [-0.15, -0.1) is 0 Å². The van der Waals surface area contributed by atoms with Crippen LogP contribution in [-0.2, 0) is 28.9 Å². The number of thioether (sulfide) groups is 1. The van der Waals surface area contributed by atoms with Gasteiger partial charge in [0.1, 0.15) is 5.03 Å². The number of fused-ring (bicyclic) bond motifs is 1. The molecule has 3 rings (SSSR count). The van der Waals surface area contributed by atoms with Gasteiger partial charge in [-0.05, 0) is 64.0 Å². The van der Waals surface area contributed by atoms with E-state index in [2.05, 4.69) is 15.0 Å². The number of hydrogen-bond acceptors (Lipinski definition) is 7. The fourth-order valence-electron chi connectivity index (χ4n) is 3.54. The number of anilines is 1. The van der Waals surface area contributed by atoms with E-state index in [0.29, 0.717) is 22.8 Å². The van der Waals surface area contributed by atoms with Crippen LogP contribution in [0, 0.1) is 0 Å². The van der Waals surface area contributed by atoms with Crippen LogP contribution in [0.4, 0.5) is 5.69 Å². The molecule has 0 bridgehead atoms. The fraction of sp³-hybridized carbons (Fsp3) is 0.455. The Labute approximate surface area is 186 Å². The number of nitrogens with one attached hydrogen (secondary N) is 1. The second-order valence-corrected chi connectivity index (χ2v) is 8.66. The number of hydrogen-bond donors (Lipinski definition) is 1. The molecule has 1 aliphatic carbocycles. The number of carbonyl (C=O) groups is 2. The molecule has 31 heavy (non-hydrogen) atoms. The summed E-state index contributed by atoms with van der Waals surface area (Å²) in [6, 6.07) is 6.50. The molecule has 0 fully saturated rings. The van der Waals surface area contributed by atoms with E-state index in [1.807, 2.05) is 19.0 Å². The molecule has 8 nitrogen and oxygen atoms in total. The Morgan fingerprint density at radius 1 is 1.19 bits per heavy atom. The number of esters is 1. The number of aromatic nitrogens is 2. The van der Waals surface area contributed by atoms with Crippen molar-refractivity contribution in [3.8, 4) is 0 Å². The van der Waals surface area contributed by atoms with Gasteiger partial charge in [-0.2, -0.15) is 4.98 Å². The van der Waals surface area contributed by atoms with Crippen LogP contribution in [0.15, 0.2) is 34.1 Å². The molecule has 0 radical (unpaired) electrons. The quantitative estimate of drug-likeness (QED) is 0.379. The van der Waals surface area contributed by atoms with Gasteiger partial charge in [0.2, 0.25) is 5.91 Å². The second-order valence-electron chi connectivity index (χ2n) is 7.69. The van der Waals surface area contributed by atoms with Crippen molar-refractivity contribution < 1.29 is 14.3 Å². The van der Waals surface area contributed by atoms with Gasteiger partial charge in [0.15, 0.2) is 0 Å². The summed E-state index contributed by atoms with van der Waals surface area (Å²) in [6.07, 6.45) is 3.87. The lowest BCUT2D eigenvalue weighted by Gasteiger charge is -2.23. The van der Waals surface area contributed by atoms with Gasteiger partial charge < -0.3 is 15.0 Å². The van der Waals surface area contributed by atoms with Gasteiger partial charge in [-0.25, -0.2) is 9.59 Å². The number of likely N-dealkylation sites (N-methyl/N-ethyl adjacent to an activating group) is 1. The number of amides is 1. The van der Waals surface area contributed by atoms with Crippen LogP contribution in [0.25, 0.3) is 0 Å². The second kappa shape index (κ2) is 10.6. The zero-order valence-electron chi connectivity index (χ0n) is 18.1. The van der Waals surface area contributed by atoms with Gasteiger partial charge in [0.25, 0.3) is 0 Å². The zero-order valence-corrected chi connectivity index (χ0v) is 19.0. The predicted molar refractivity (Wildman–Crippen MR) is 121 cm³/mol. The first-order chi connectivity index (χ1) is 14.9. The summed E-state index contributed by atoms with van der Waals surface area (Å²) in [5, 5.41) is 3.47. The van der Waals surface area contributed by atoms with Crippen molar-refractivity contribution in [3.05, 3.63) is 51.6 Å². The number of rotatable bonds is 8. The number of ether oxygens (including phenoxy) is 1. The molecule has 1 aromatic carbocycles. The average Bonchev–Trinajstić information content (AvgIpc) is 2.76. The standard InChI is InChI=1S/C22H28N4O4S/c1-25(2)12-13-26-18-7-5-4-6-17(18)20(24-22(26)29)31-14-19(27)23-16-10-8-15(9-11-16)21(28)30-3/h8-11H,4-7,12-14H2,1-3H3,(H,23,27). The van der Waals surface area contributed by atoms with Crippen molar-refractivity contribution in [1.29, 1.82) is 0 Å². The van der Waals surface area contributed by atoms with Crippen LogP contribution in [0.3, 0.4) is 0 Å². The highest BCUT2D eigenvalue weighted by atomic mass is 32.2. The van der Waals surface area contributed by atoms with Gasteiger partial charge in [0, 0.05) is 30.0 Å². The van der Waals surface area contributed by atoms with E-state index in [4.69, 9.17) is 0 Å². The summed E-state index contributed by atoms with van der Waals surface area (Å²) in [5.74, 6) is -0.470. The molecule has 0 aliphatic heterocycles. The summed E-state index contributed by atoms with van der Waals surface area (Å²) < 4.78 is 6.46. The Bertz CT molecular complexity index is 1000. The van der Waals surface area contributed by atoms with E-state index in [1.54, 1.807) is 28.8 Å². The van der Waals surface area contributed by atoms with Crippen LogP contribution in [0.5, 0.6) is 0 Å². The molecule has 0 spiro atoms. The number of methoxy groups -OCH3 is 1. The van der Waals surface area contributed by atoms with E-state index in [-0.39, 0.29) is 17.3 Å². The Hall–Kier alpha value is -2.65. The van der Waals surface area contributed by atoms with E-state index < -0.39 is 5.97 Å². The Morgan fingerprint density at radius 3 is 2.58 bits per heavy atom. The lowest BCUT2D eigenvalue weighted by atomic mass is 9.97. The maximum Gasteiger partial charge on any atom is 0.348 e. The maximum absolute atomic E-state index is 12.7. The summed E-state index contributed by atoms with van der Waals surface area (Å²) >= 11 is 1.30. The first kappa shape index (κ1) is 23.0. The largest absolute Gasteiger partial charge is 0.465 e. The van der Waals surface area contributed by atoms with Gasteiger partial charge in [0.05, 0.1) is 18.4 Å². The molecule has 1 aliphatic rings. The van der Waals surface area contributed by atoms with Crippen molar-refractivity contribution in [1.82, 2.24) is 14.5 Å². The van der Waals surface area contributed by atoms with Crippen molar-refractivity contribution >= 4 is 29.3 Å². The molecule has 1 amide bonds. The normalized spacial score (nSPS) is 13.0. The number of benzene rings is 1. The van der Waals surface area contributed by atoms with E-state index in [1.165, 1.54) is 18.9 Å². The van der Waals surface area contributed by atoms with Gasteiger partial charge >= 0.3 is 11.7 Å². The Morgan fingerprint density at radius 2 is 1.90 bits per heavy atom. The van der Waals surface area contributed by atoms with Gasteiger partial charge in [-0.1, -0.05) is 11.8 Å². The molecule has 0 unspecified atom stereocenters. The van der Waals surface area contributed by atoms with Crippen LogP contribution in [0.1, 0.15) is 34.5 Å². The highest BCUT2D eigenvalue weighted by Crippen LogP contribution is 2.28. The molecule has 1 heterocycles. The number of carbonyl (C=O) groups excluding carboxylic acids is 2. The maximum atomic E-state index is 12.7. The first-order valence-electron chi connectivity index (χ1n) is 10.3. The van der Waals surface area contributed by atoms with Crippen LogP contribution < -0.4 is 11.0 Å². The van der Waals surface area contributed by atoms with Crippen LogP contribution >= 0.6 is 11.8 Å². The van der Waals surface area contributed by atoms with E-state index >= 15 is 0 Å². The molecule has 0 saturated carbocycles. The Balaban J connectivity index is 1.68. The lowest BCUT2D eigenvalue weighted by molar-refractivity contribution is -0.113. The van der Waals surface area contributed by atoms with Crippen LogP contribution in [-0.4, -0.2) is 59.8 Å². The smallest absolute Gasteiger partial charge is 0.348 e. The minimum atomic E-state index is -0.426. The van der Waals surface area contributed by atoms with Crippen LogP contribution in [0.2, 0.25) is 0 Å². The molecule has 166 valence electrons. The van der Waals surface area contributed by atoms with E-state index in [0.717, 1.165) is 43.5 Å². The molecular formula is C22H28N4O4S. The molecule has 1 aromatic heterocycles. The van der Waals surface area contributed by atoms with Gasteiger partial charge in [-0.3, -0.25) is 9.36 Å². The highest BCUT2D eigenvalue weighted by Gasteiger charge is 2.21. The molecule has 9 heteroatoms. The number of nitrogens with zero attached hydrogens (tertiary/aromatic N) is 3. The predicted octanol–water partition coefficient (Wildman–Crippen LogP) is 2.20. The monoisotopic (exact) mass is 444 g/mol. The molecular weight excluding hydrogens is 416 g/mol. The fourth-order valence-corrected chi connectivity index (χ4v) is 4.41. The SMILES string of the molecule is COC(=O)c1ccc(NC(=O)CSc2nc(=O)n(CCN(C)C)c3c2CCCC3)cc1. The van der Waals surface area contributed by atoms with Crippen molar-refractivity contribution in [2.45, 2.75) is 37.3 Å². The summed E-state index contributed by atoms with van der Waals surface area (Å²) in [7, 11) is 5.29. The third kappa shape index (κ3) is 5.95. The van der Waals surface area contributed by atoms with Crippen molar-refractivity contribution in [2.75, 3.05) is 38.8 Å². The zero-order chi connectivity index (χ0) is 22.4. The summed E-state index contributed by atoms with van der Waals surface area (Å²) in [6.45, 7) is 1.39. The molecule has 0 atom stereocenters. The summed E-state index contributed by atoms with van der Waals surface area (Å²) in [4.78, 5) is 42.9. The highest BCUT2D eigenvalue weighted by molar-refractivity contribution is 8.00. The van der Waals surface area contributed by atoms with Crippen molar-refractivity contribution in [3.63, 3.8) is 0 Å². The first-order valence-corrected chi connectivity index (χ1v) is 11.3. The lowest BCUT2D eigenvalue weighted by Crippen LogP contribution is -2.33. The Kier molecular flexibility index (Phi) is 7.86. The molecule has 2 aromatic rings. The molecule has 1 N–H and O–H groups in total.